The molecule has 0 saturated heterocycles. The van der Waals surface area contributed by atoms with Gasteiger partial charge in [0.05, 0.1) is 0 Å². The van der Waals surface area contributed by atoms with Gasteiger partial charge >= 0.3 is 0 Å². The summed E-state index contributed by atoms with van der Waals surface area (Å²) in [6.07, 6.45) is 19.7. The van der Waals surface area contributed by atoms with Gasteiger partial charge in [-0.3, -0.25) is 0 Å². The lowest BCUT2D eigenvalue weighted by atomic mass is 10.1. The smallest absolute Gasteiger partial charge is 0.222 e. The Kier molecular flexibility index (Phi) is 23.7. The highest BCUT2D eigenvalue weighted by Crippen LogP contribution is 2.12. The molecule has 1 N–H and O–H groups in total. The van der Waals surface area contributed by atoms with Crippen LogP contribution >= 0.6 is 0 Å². The first-order valence-corrected chi connectivity index (χ1v) is 7.87. The Hall–Kier alpha value is -0.620. The summed E-state index contributed by atoms with van der Waals surface area (Å²) in [6, 6.07) is 0. The number of hydrogen-bond donors (Lipinski definition) is 1. The van der Waals surface area contributed by atoms with Gasteiger partial charge in [-0.15, -0.1) is 0 Å². The summed E-state index contributed by atoms with van der Waals surface area (Å²) in [4.78, 5) is 8.35. The van der Waals surface area contributed by atoms with Gasteiger partial charge in [0.2, 0.25) is 6.08 Å². The van der Waals surface area contributed by atoms with E-state index >= 15 is 0 Å². The Bertz CT molecular complexity index is 150. The quantitative estimate of drug-likeness (QED) is 0.259. The molecule has 0 aliphatic heterocycles. The number of rotatable bonds is 12. The van der Waals surface area contributed by atoms with Gasteiger partial charge in [-0.1, -0.05) is 97.3 Å². The summed E-state index contributed by atoms with van der Waals surface area (Å²) >= 11 is 0. The lowest BCUT2D eigenvalue weighted by molar-refractivity contribution is 0.542. The molecule has 0 fully saturated rings. The molecule has 0 radical (unpaired) electrons. The Morgan fingerprint density at radius 1 is 0.611 bits per heavy atom. The van der Waals surface area contributed by atoms with E-state index in [2.05, 4.69) is 13.8 Å². The highest BCUT2D eigenvalue weighted by Gasteiger charge is 1.92. The van der Waals surface area contributed by atoms with Crippen molar-refractivity contribution in [2.75, 3.05) is 0 Å². The minimum absolute atomic E-state index is 0.750. The Morgan fingerprint density at radius 3 is 0.944 bits per heavy atom. The zero-order valence-electron chi connectivity index (χ0n) is 12.6. The van der Waals surface area contributed by atoms with Crippen LogP contribution in [0.5, 0.6) is 0 Å². The summed E-state index contributed by atoms with van der Waals surface area (Å²) in [6.45, 7) is 4.58. The van der Waals surface area contributed by atoms with Crippen LogP contribution in [0.3, 0.4) is 0 Å². The molecule has 0 aromatic carbocycles. The topological polar surface area (TPSA) is 40.9 Å². The molecule has 108 valence electrons. The predicted molar refractivity (Wildman–Crippen MR) is 79.8 cm³/mol. The third kappa shape index (κ3) is 24.6. The molecule has 0 spiro atoms. The molecule has 0 heterocycles. The van der Waals surface area contributed by atoms with Gasteiger partial charge in [-0.25, -0.2) is 10.2 Å². The largest absolute Gasteiger partial charge is 0.231 e. The highest BCUT2D eigenvalue weighted by molar-refractivity contribution is 5.26. The third-order valence-electron chi connectivity index (χ3n) is 3.21. The maximum absolute atomic E-state index is 8.35. The van der Waals surface area contributed by atoms with Crippen molar-refractivity contribution in [2.24, 2.45) is 0 Å². The lowest BCUT2D eigenvalue weighted by Crippen LogP contribution is -1.82. The predicted octanol–water partition coefficient (Wildman–Crippen LogP) is 6.00. The first-order chi connectivity index (χ1) is 8.83. The van der Waals surface area contributed by atoms with Crippen LogP contribution in [0.15, 0.2) is 0 Å². The molecule has 0 saturated carbocycles. The van der Waals surface area contributed by atoms with Crippen LogP contribution in [0, 0.1) is 5.41 Å². The van der Waals surface area contributed by atoms with E-state index in [4.69, 9.17) is 10.2 Å². The number of carbonyl (C=O) groups excluding carboxylic acids is 1. The number of nitrogens with one attached hydrogen (secondary N) is 1. The van der Waals surface area contributed by atoms with Crippen LogP contribution in [-0.4, -0.2) is 6.08 Å². The summed E-state index contributed by atoms with van der Waals surface area (Å²) in [5, 5.41) is 5.40. The fourth-order valence-electron chi connectivity index (χ4n) is 2.09. The van der Waals surface area contributed by atoms with Crippen LogP contribution in [0.25, 0.3) is 0 Å². The van der Waals surface area contributed by atoms with Crippen LogP contribution in [0.2, 0.25) is 0 Å². The second kappa shape index (κ2) is 21.6. The van der Waals surface area contributed by atoms with E-state index in [0.29, 0.717) is 0 Å². The molecular weight excluding hydrogens is 222 g/mol. The average Bonchev–Trinajstić information content (AvgIpc) is 2.37. The Labute approximate surface area is 114 Å². The van der Waals surface area contributed by atoms with Gasteiger partial charge in [0, 0.05) is 0 Å². The first-order valence-electron chi connectivity index (χ1n) is 7.87. The molecule has 0 aromatic rings. The fourth-order valence-corrected chi connectivity index (χ4v) is 2.09. The van der Waals surface area contributed by atoms with E-state index in [0.717, 1.165) is 6.08 Å². The van der Waals surface area contributed by atoms with Crippen molar-refractivity contribution >= 4 is 6.08 Å². The zero-order valence-corrected chi connectivity index (χ0v) is 12.6. The molecule has 0 amide bonds. The van der Waals surface area contributed by atoms with Crippen molar-refractivity contribution in [3.63, 3.8) is 0 Å². The van der Waals surface area contributed by atoms with Crippen LogP contribution < -0.4 is 0 Å². The Balaban J connectivity index is 0. The molecule has 2 nitrogen and oxygen atoms in total. The second-order valence-electron chi connectivity index (χ2n) is 4.99. The number of hydrogen-bond acceptors (Lipinski definition) is 2. The van der Waals surface area contributed by atoms with Gasteiger partial charge in [-0.2, -0.15) is 0 Å². The molecule has 0 aliphatic rings. The van der Waals surface area contributed by atoms with Crippen LogP contribution in [-0.2, 0) is 4.79 Å². The normalized spacial score (nSPS) is 9.44. The van der Waals surface area contributed by atoms with Crippen molar-refractivity contribution in [1.29, 1.82) is 5.41 Å². The van der Waals surface area contributed by atoms with Crippen LogP contribution in [0.1, 0.15) is 97.3 Å². The molecule has 0 rings (SSSR count). The van der Waals surface area contributed by atoms with Gasteiger partial charge in [0.1, 0.15) is 0 Å². The molecular formula is C16H33NO. The van der Waals surface area contributed by atoms with E-state index in [-0.39, 0.29) is 0 Å². The standard InChI is InChI=1S/C15H32.CHNO/c1-3-5-7-9-11-13-15-14-12-10-8-6-4-2;2-1-3/h3-15H2,1-2H3;2H. The highest BCUT2D eigenvalue weighted by atomic mass is 16.1. The third-order valence-corrected chi connectivity index (χ3v) is 3.21. The second-order valence-corrected chi connectivity index (χ2v) is 4.99. The number of unbranched alkanes of at least 4 members (excludes halogenated alkanes) is 12. The molecule has 2 heteroatoms. The summed E-state index contributed by atoms with van der Waals surface area (Å²) in [5.74, 6) is 0. The van der Waals surface area contributed by atoms with Crippen molar-refractivity contribution in [1.82, 2.24) is 0 Å². The Morgan fingerprint density at radius 2 is 0.778 bits per heavy atom. The lowest BCUT2D eigenvalue weighted by Gasteiger charge is -2.01. The van der Waals surface area contributed by atoms with Gasteiger partial charge in [0.15, 0.2) is 0 Å². The maximum Gasteiger partial charge on any atom is 0.231 e. The first kappa shape index (κ1) is 19.7. The summed E-state index contributed by atoms with van der Waals surface area (Å²) < 4.78 is 0. The van der Waals surface area contributed by atoms with Gasteiger partial charge < -0.3 is 0 Å². The summed E-state index contributed by atoms with van der Waals surface area (Å²) in [5.41, 5.74) is 0. The molecule has 0 bridgehead atoms. The van der Waals surface area contributed by atoms with Crippen LogP contribution in [0.4, 0.5) is 0 Å². The molecule has 18 heavy (non-hydrogen) atoms. The van der Waals surface area contributed by atoms with Crippen molar-refractivity contribution in [2.45, 2.75) is 97.3 Å². The van der Waals surface area contributed by atoms with Crippen molar-refractivity contribution < 1.29 is 4.79 Å². The van der Waals surface area contributed by atoms with E-state index in [1.54, 1.807) is 0 Å². The average molecular weight is 255 g/mol. The SMILES string of the molecule is CCCCCCCCCCCCCCC.N=C=O. The molecule has 0 aliphatic carbocycles. The molecule has 0 aromatic heterocycles. The van der Waals surface area contributed by atoms with E-state index < -0.39 is 0 Å². The van der Waals surface area contributed by atoms with Gasteiger partial charge in [0.25, 0.3) is 0 Å². The van der Waals surface area contributed by atoms with Crippen molar-refractivity contribution in [3.8, 4) is 0 Å². The monoisotopic (exact) mass is 255 g/mol. The maximum atomic E-state index is 8.35. The minimum Gasteiger partial charge on any atom is -0.222 e. The number of isocyanates is 1. The molecule has 0 unspecified atom stereocenters. The van der Waals surface area contributed by atoms with E-state index in [1.807, 2.05) is 0 Å². The zero-order chi connectivity index (χ0) is 13.9. The summed E-state index contributed by atoms with van der Waals surface area (Å²) in [7, 11) is 0. The molecule has 0 atom stereocenters. The van der Waals surface area contributed by atoms with Gasteiger partial charge in [-0.05, 0) is 0 Å². The fraction of sp³-hybridized carbons (Fsp3) is 0.938. The van der Waals surface area contributed by atoms with Crippen molar-refractivity contribution in [3.05, 3.63) is 0 Å². The minimum atomic E-state index is 0.750. The van der Waals surface area contributed by atoms with E-state index in [1.165, 1.54) is 83.5 Å². The van der Waals surface area contributed by atoms with E-state index in [9.17, 15) is 0 Å².